The van der Waals surface area contributed by atoms with Crippen molar-refractivity contribution in [2.45, 2.75) is 12.4 Å². The molecule has 2 aromatic rings. The molecule has 0 saturated heterocycles. The van der Waals surface area contributed by atoms with Crippen LogP contribution in [0, 0.1) is 0 Å². The van der Waals surface area contributed by atoms with E-state index in [9.17, 15) is 4.79 Å². The van der Waals surface area contributed by atoms with Crippen molar-refractivity contribution in [2.24, 2.45) is 0 Å². The molecule has 1 aromatic heterocycles. The largest absolute Gasteiger partial charge is 0.347 e. The molecule has 0 fully saturated rings. The summed E-state index contributed by atoms with van der Waals surface area (Å²) >= 11 is 10.5. The Labute approximate surface area is 123 Å². The second-order valence-electron chi connectivity index (χ2n) is 3.73. The van der Waals surface area contributed by atoms with E-state index in [-0.39, 0.29) is 5.91 Å². The van der Waals surface area contributed by atoms with E-state index in [4.69, 9.17) is 11.6 Å². The van der Waals surface area contributed by atoms with Crippen LogP contribution in [0.3, 0.4) is 0 Å². The molecule has 0 saturated carbocycles. The lowest BCUT2D eigenvalue weighted by Crippen LogP contribution is -2.22. The molecule has 2 nitrogen and oxygen atoms in total. The second-order valence-corrected chi connectivity index (χ2v) is 5.77. The van der Waals surface area contributed by atoms with Gasteiger partial charge in [0.05, 0.1) is 0 Å². The van der Waals surface area contributed by atoms with E-state index >= 15 is 0 Å². The number of amides is 1. The molecule has 0 atom stereocenters. The van der Waals surface area contributed by atoms with Gasteiger partial charge in [0.1, 0.15) is 4.88 Å². The highest BCUT2D eigenvalue weighted by atomic mass is 79.9. The Bertz CT molecular complexity index is 555. The highest BCUT2D eigenvalue weighted by molar-refractivity contribution is 9.10. The van der Waals surface area contributed by atoms with Gasteiger partial charge in [-0.25, -0.2) is 0 Å². The lowest BCUT2D eigenvalue weighted by molar-refractivity contribution is 0.0954. The quantitative estimate of drug-likeness (QED) is 0.828. The molecule has 0 aliphatic rings. The molecule has 0 aliphatic carbocycles. The van der Waals surface area contributed by atoms with Gasteiger partial charge in [0.2, 0.25) is 0 Å². The summed E-state index contributed by atoms with van der Waals surface area (Å²) in [4.78, 5) is 12.6. The lowest BCUT2D eigenvalue weighted by Gasteiger charge is -2.05. The zero-order valence-electron chi connectivity index (χ0n) is 9.45. The second kappa shape index (κ2) is 6.36. The van der Waals surface area contributed by atoms with Crippen LogP contribution in [0.1, 0.15) is 20.8 Å². The first kappa shape index (κ1) is 13.6. The maximum atomic E-state index is 11.9. The van der Waals surface area contributed by atoms with Crippen LogP contribution in [0.4, 0.5) is 0 Å². The summed E-state index contributed by atoms with van der Waals surface area (Å²) in [5, 5.41) is 4.77. The Hall–Kier alpha value is -0.840. The number of hydrogen-bond acceptors (Lipinski definition) is 2. The monoisotopic (exact) mass is 343 g/mol. The van der Waals surface area contributed by atoms with Crippen molar-refractivity contribution < 1.29 is 4.79 Å². The third kappa shape index (κ3) is 3.34. The van der Waals surface area contributed by atoms with Crippen LogP contribution in [0.5, 0.6) is 0 Å². The smallest absolute Gasteiger partial charge is 0.262 e. The van der Waals surface area contributed by atoms with Crippen molar-refractivity contribution in [1.29, 1.82) is 0 Å². The SMILES string of the molecule is O=C(NCc1cccc(CCl)c1)c1sccc1Br. The molecule has 0 bridgehead atoms. The van der Waals surface area contributed by atoms with Gasteiger partial charge in [0, 0.05) is 16.9 Å². The highest BCUT2D eigenvalue weighted by Gasteiger charge is 2.10. The zero-order chi connectivity index (χ0) is 13.0. The van der Waals surface area contributed by atoms with Gasteiger partial charge in [-0.05, 0) is 38.5 Å². The maximum absolute atomic E-state index is 11.9. The van der Waals surface area contributed by atoms with Crippen molar-refractivity contribution in [3.05, 3.63) is 56.2 Å². The van der Waals surface area contributed by atoms with Crippen molar-refractivity contribution in [3.63, 3.8) is 0 Å². The molecule has 0 spiro atoms. The Morgan fingerprint density at radius 2 is 2.11 bits per heavy atom. The lowest BCUT2D eigenvalue weighted by atomic mass is 10.1. The fraction of sp³-hybridized carbons (Fsp3) is 0.154. The summed E-state index contributed by atoms with van der Waals surface area (Å²) < 4.78 is 0.833. The van der Waals surface area contributed by atoms with E-state index in [1.54, 1.807) is 0 Å². The molecule has 2 rings (SSSR count). The minimum atomic E-state index is -0.0619. The summed E-state index contributed by atoms with van der Waals surface area (Å²) in [6.07, 6.45) is 0. The molecule has 0 aliphatic heterocycles. The van der Waals surface area contributed by atoms with Crippen LogP contribution in [-0.2, 0) is 12.4 Å². The minimum Gasteiger partial charge on any atom is -0.347 e. The van der Waals surface area contributed by atoms with Gasteiger partial charge in [0.25, 0.3) is 5.91 Å². The van der Waals surface area contributed by atoms with Crippen LogP contribution in [0.25, 0.3) is 0 Å². The summed E-state index contributed by atoms with van der Waals surface area (Å²) in [7, 11) is 0. The van der Waals surface area contributed by atoms with E-state index in [1.165, 1.54) is 11.3 Å². The van der Waals surface area contributed by atoms with E-state index < -0.39 is 0 Å². The number of rotatable bonds is 4. The topological polar surface area (TPSA) is 29.1 Å². The Kier molecular flexibility index (Phi) is 4.80. The molecular formula is C13H11BrClNOS. The molecule has 1 aromatic carbocycles. The summed E-state index contributed by atoms with van der Waals surface area (Å²) in [6, 6.07) is 9.75. The molecule has 5 heteroatoms. The molecular weight excluding hydrogens is 334 g/mol. The number of alkyl halides is 1. The molecule has 0 radical (unpaired) electrons. The predicted octanol–water partition coefficient (Wildman–Crippen LogP) is 4.18. The van der Waals surface area contributed by atoms with Gasteiger partial charge < -0.3 is 5.32 Å². The van der Waals surface area contributed by atoms with Gasteiger partial charge in [-0.3, -0.25) is 4.79 Å². The molecule has 18 heavy (non-hydrogen) atoms. The fourth-order valence-corrected chi connectivity index (χ4v) is 3.17. The third-order valence-electron chi connectivity index (χ3n) is 2.42. The summed E-state index contributed by atoms with van der Waals surface area (Å²) in [5.74, 6) is 0.422. The standard InChI is InChI=1S/C13H11BrClNOS/c14-11-4-5-18-12(11)13(17)16-8-10-3-1-2-9(6-10)7-15/h1-6H,7-8H2,(H,16,17). The van der Waals surface area contributed by atoms with Crippen LogP contribution in [-0.4, -0.2) is 5.91 Å². The average molecular weight is 345 g/mol. The van der Waals surface area contributed by atoms with Gasteiger partial charge in [-0.15, -0.1) is 22.9 Å². The number of thiophene rings is 1. The zero-order valence-corrected chi connectivity index (χ0v) is 12.6. The number of carbonyl (C=O) groups excluding carboxylic acids is 1. The first-order valence-corrected chi connectivity index (χ1v) is 7.56. The van der Waals surface area contributed by atoms with Gasteiger partial charge in [-0.2, -0.15) is 0 Å². The predicted molar refractivity (Wildman–Crippen MR) is 79.2 cm³/mol. The van der Waals surface area contributed by atoms with Gasteiger partial charge in [0.15, 0.2) is 0 Å². The maximum Gasteiger partial charge on any atom is 0.262 e. The van der Waals surface area contributed by atoms with Crippen molar-refractivity contribution in [1.82, 2.24) is 5.32 Å². The van der Waals surface area contributed by atoms with Gasteiger partial charge in [-0.1, -0.05) is 24.3 Å². The average Bonchev–Trinajstić information content (AvgIpc) is 2.82. The number of benzene rings is 1. The fourth-order valence-electron chi connectivity index (χ4n) is 1.54. The molecule has 94 valence electrons. The van der Waals surface area contributed by atoms with Crippen molar-refractivity contribution >= 4 is 44.8 Å². The number of halogens is 2. The minimum absolute atomic E-state index is 0.0619. The van der Waals surface area contributed by atoms with Crippen molar-refractivity contribution in [3.8, 4) is 0 Å². The van der Waals surface area contributed by atoms with Crippen LogP contribution in [0.15, 0.2) is 40.2 Å². The van der Waals surface area contributed by atoms with Crippen LogP contribution in [0.2, 0.25) is 0 Å². The number of nitrogens with one attached hydrogen (secondary N) is 1. The van der Waals surface area contributed by atoms with E-state index in [1.807, 2.05) is 35.7 Å². The van der Waals surface area contributed by atoms with Crippen molar-refractivity contribution in [2.75, 3.05) is 0 Å². The number of carbonyl (C=O) groups is 1. The Morgan fingerprint density at radius 3 is 2.78 bits per heavy atom. The van der Waals surface area contributed by atoms with Gasteiger partial charge >= 0.3 is 0 Å². The van der Waals surface area contributed by atoms with E-state index in [0.717, 1.165) is 15.6 Å². The molecule has 1 N–H and O–H groups in total. The third-order valence-corrected chi connectivity index (χ3v) is 4.57. The molecule has 1 amide bonds. The summed E-state index contributed by atoms with van der Waals surface area (Å²) in [6.45, 7) is 0.508. The number of hydrogen-bond donors (Lipinski definition) is 1. The first-order valence-electron chi connectivity index (χ1n) is 5.35. The van der Waals surface area contributed by atoms with E-state index in [2.05, 4.69) is 21.2 Å². The normalized spacial score (nSPS) is 10.3. The molecule has 1 heterocycles. The molecule has 0 unspecified atom stereocenters. The highest BCUT2D eigenvalue weighted by Crippen LogP contribution is 2.22. The van der Waals surface area contributed by atoms with Crippen LogP contribution < -0.4 is 5.32 Å². The summed E-state index contributed by atoms with van der Waals surface area (Å²) in [5.41, 5.74) is 2.11. The van der Waals surface area contributed by atoms with Crippen LogP contribution >= 0.6 is 38.9 Å². The Balaban J connectivity index is 1.99. The Morgan fingerprint density at radius 1 is 1.33 bits per heavy atom. The van der Waals surface area contributed by atoms with E-state index in [0.29, 0.717) is 17.3 Å². The first-order chi connectivity index (χ1) is 8.70.